The normalized spacial score (nSPS) is 24.9. The van der Waals surface area contributed by atoms with Crippen LogP contribution in [0.3, 0.4) is 0 Å². The summed E-state index contributed by atoms with van der Waals surface area (Å²) in [6.45, 7) is 10.8. The molecule has 2 rings (SSSR count). The van der Waals surface area contributed by atoms with Gasteiger partial charge in [-0.2, -0.15) is 0 Å². The van der Waals surface area contributed by atoms with E-state index in [0.717, 1.165) is 6.54 Å². The first-order chi connectivity index (χ1) is 7.58. The summed E-state index contributed by atoms with van der Waals surface area (Å²) in [6, 6.07) is 0. The molecule has 1 spiro atoms. The second kappa shape index (κ2) is 4.40. The number of rotatable bonds is 3. The maximum atomic E-state index is 3.36. The zero-order valence-corrected chi connectivity index (χ0v) is 11.1. The third kappa shape index (κ3) is 2.27. The highest BCUT2D eigenvalue weighted by Gasteiger charge is 2.37. The Balaban J connectivity index is 1.92. The Morgan fingerprint density at radius 2 is 2.00 bits per heavy atom. The van der Waals surface area contributed by atoms with Gasteiger partial charge in [0.15, 0.2) is 0 Å². The molecule has 16 heavy (non-hydrogen) atoms. The average Bonchev–Trinajstić information content (AvgIpc) is 2.67. The van der Waals surface area contributed by atoms with Crippen molar-refractivity contribution in [2.24, 2.45) is 5.41 Å². The number of hydrogen-bond acceptors (Lipinski definition) is 2. The van der Waals surface area contributed by atoms with Crippen LogP contribution in [0.25, 0.3) is 0 Å². The van der Waals surface area contributed by atoms with Gasteiger partial charge in [-0.15, -0.1) is 0 Å². The number of piperidine rings is 1. The SMILES string of the molecule is CCCC(C)(C)N1CCC2(C=CNC2)CC1. The molecule has 2 heterocycles. The Morgan fingerprint density at radius 3 is 2.50 bits per heavy atom. The van der Waals surface area contributed by atoms with E-state index in [1.807, 2.05) is 0 Å². The van der Waals surface area contributed by atoms with Crippen LogP contribution < -0.4 is 5.32 Å². The second-order valence-electron chi connectivity index (χ2n) is 6.13. The van der Waals surface area contributed by atoms with Gasteiger partial charge in [-0.1, -0.05) is 19.4 Å². The van der Waals surface area contributed by atoms with Gasteiger partial charge in [0.05, 0.1) is 0 Å². The van der Waals surface area contributed by atoms with Crippen LogP contribution in [-0.4, -0.2) is 30.1 Å². The van der Waals surface area contributed by atoms with Gasteiger partial charge in [0, 0.05) is 17.5 Å². The molecule has 2 nitrogen and oxygen atoms in total. The highest BCUT2D eigenvalue weighted by molar-refractivity contribution is 5.09. The van der Waals surface area contributed by atoms with Crippen molar-refractivity contribution < 1.29 is 0 Å². The standard InChI is InChI=1S/C14H26N2/c1-4-5-13(2,3)16-10-7-14(8-11-16)6-9-15-12-14/h6,9,15H,4-5,7-8,10-12H2,1-3H3. The van der Waals surface area contributed by atoms with Gasteiger partial charge in [-0.25, -0.2) is 0 Å². The van der Waals surface area contributed by atoms with Crippen LogP contribution in [0, 0.1) is 5.41 Å². The zero-order valence-electron chi connectivity index (χ0n) is 11.1. The average molecular weight is 222 g/mol. The van der Waals surface area contributed by atoms with Crippen LogP contribution in [0.2, 0.25) is 0 Å². The van der Waals surface area contributed by atoms with E-state index in [2.05, 4.69) is 43.3 Å². The monoisotopic (exact) mass is 222 g/mol. The lowest BCUT2D eigenvalue weighted by Crippen LogP contribution is -2.50. The Hall–Kier alpha value is -0.500. The fourth-order valence-corrected chi connectivity index (χ4v) is 3.23. The first-order valence-corrected chi connectivity index (χ1v) is 6.74. The van der Waals surface area contributed by atoms with Gasteiger partial charge in [0.25, 0.3) is 0 Å². The largest absolute Gasteiger partial charge is 0.390 e. The molecule has 2 heteroatoms. The molecule has 0 aromatic carbocycles. The highest BCUT2D eigenvalue weighted by atomic mass is 15.2. The maximum Gasteiger partial charge on any atom is 0.0234 e. The van der Waals surface area contributed by atoms with Crippen molar-refractivity contribution >= 4 is 0 Å². The fraction of sp³-hybridized carbons (Fsp3) is 0.857. The Bertz CT molecular complexity index is 260. The van der Waals surface area contributed by atoms with Gasteiger partial charge in [0.1, 0.15) is 0 Å². The topological polar surface area (TPSA) is 15.3 Å². The number of nitrogens with zero attached hydrogens (tertiary/aromatic N) is 1. The summed E-state index contributed by atoms with van der Waals surface area (Å²) in [5, 5.41) is 3.36. The van der Waals surface area contributed by atoms with E-state index in [-0.39, 0.29) is 0 Å². The second-order valence-corrected chi connectivity index (χ2v) is 6.13. The van der Waals surface area contributed by atoms with Crippen LogP contribution in [0.15, 0.2) is 12.3 Å². The Labute approximate surface area is 100 Å². The molecule has 1 N–H and O–H groups in total. The summed E-state index contributed by atoms with van der Waals surface area (Å²) in [5.41, 5.74) is 0.880. The van der Waals surface area contributed by atoms with Crippen LogP contribution in [0.5, 0.6) is 0 Å². The summed E-state index contributed by atoms with van der Waals surface area (Å²) < 4.78 is 0. The summed E-state index contributed by atoms with van der Waals surface area (Å²) >= 11 is 0. The minimum absolute atomic E-state index is 0.395. The van der Waals surface area contributed by atoms with E-state index in [9.17, 15) is 0 Å². The Morgan fingerprint density at radius 1 is 1.31 bits per heavy atom. The third-order valence-electron chi connectivity index (χ3n) is 4.49. The minimum Gasteiger partial charge on any atom is -0.390 e. The lowest BCUT2D eigenvalue weighted by molar-refractivity contribution is 0.0504. The van der Waals surface area contributed by atoms with Crippen LogP contribution in [0.4, 0.5) is 0 Å². The summed E-state index contributed by atoms with van der Waals surface area (Å²) in [7, 11) is 0. The molecule has 0 amide bonds. The van der Waals surface area contributed by atoms with Crippen LogP contribution in [0.1, 0.15) is 46.5 Å². The lowest BCUT2D eigenvalue weighted by Gasteiger charge is -2.46. The van der Waals surface area contributed by atoms with Crippen molar-refractivity contribution in [1.29, 1.82) is 0 Å². The van der Waals surface area contributed by atoms with Gasteiger partial charge in [-0.05, 0) is 52.4 Å². The van der Waals surface area contributed by atoms with Gasteiger partial charge >= 0.3 is 0 Å². The molecule has 0 atom stereocenters. The molecule has 0 saturated carbocycles. The molecule has 0 aromatic heterocycles. The molecular formula is C14H26N2. The molecule has 1 saturated heterocycles. The number of nitrogens with one attached hydrogen (secondary N) is 1. The fourth-order valence-electron chi connectivity index (χ4n) is 3.23. The molecule has 1 fully saturated rings. The predicted molar refractivity (Wildman–Crippen MR) is 69.4 cm³/mol. The van der Waals surface area contributed by atoms with Gasteiger partial charge in [-0.3, -0.25) is 4.90 Å². The first kappa shape index (κ1) is 12.0. The molecular weight excluding hydrogens is 196 g/mol. The van der Waals surface area contributed by atoms with Crippen molar-refractivity contribution in [3.05, 3.63) is 12.3 Å². The summed E-state index contributed by atoms with van der Waals surface area (Å²) in [4.78, 5) is 2.69. The highest BCUT2D eigenvalue weighted by Crippen LogP contribution is 2.37. The van der Waals surface area contributed by atoms with Gasteiger partial charge < -0.3 is 5.32 Å². The van der Waals surface area contributed by atoms with Crippen molar-refractivity contribution in [2.45, 2.75) is 52.0 Å². The molecule has 0 aromatic rings. The molecule has 0 unspecified atom stereocenters. The van der Waals surface area contributed by atoms with E-state index < -0.39 is 0 Å². The Kier molecular flexibility index (Phi) is 3.29. The molecule has 92 valence electrons. The lowest BCUT2D eigenvalue weighted by atomic mass is 9.78. The number of likely N-dealkylation sites (tertiary alicyclic amines) is 1. The summed E-state index contributed by atoms with van der Waals surface area (Å²) in [5.74, 6) is 0. The zero-order chi connectivity index (χ0) is 11.6. The van der Waals surface area contributed by atoms with Crippen LogP contribution >= 0.6 is 0 Å². The molecule has 0 radical (unpaired) electrons. The maximum absolute atomic E-state index is 3.36. The first-order valence-electron chi connectivity index (χ1n) is 6.74. The predicted octanol–water partition coefficient (Wildman–Crippen LogP) is 2.76. The molecule has 2 aliphatic rings. The minimum atomic E-state index is 0.395. The smallest absolute Gasteiger partial charge is 0.0234 e. The van der Waals surface area contributed by atoms with Crippen molar-refractivity contribution in [3.8, 4) is 0 Å². The van der Waals surface area contributed by atoms with Crippen molar-refractivity contribution in [1.82, 2.24) is 10.2 Å². The van der Waals surface area contributed by atoms with E-state index in [1.165, 1.54) is 38.8 Å². The van der Waals surface area contributed by atoms with Crippen LogP contribution in [-0.2, 0) is 0 Å². The van der Waals surface area contributed by atoms with E-state index >= 15 is 0 Å². The third-order valence-corrected chi connectivity index (χ3v) is 4.49. The van der Waals surface area contributed by atoms with Crippen molar-refractivity contribution in [2.75, 3.05) is 19.6 Å². The number of hydrogen-bond donors (Lipinski definition) is 1. The molecule has 0 bridgehead atoms. The molecule has 2 aliphatic heterocycles. The van der Waals surface area contributed by atoms with E-state index in [4.69, 9.17) is 0 Å². The van der Waals surface area contributed by atoms with Gasteiger partial charge in [0.2, 0.25) is 0 Å². The van der Waals surface area contributed by atoms with Crippen molar-refractivity contribution in [3.63, 3.8) is 0 Å². The summed E-state index contributed by atoms with van der Waals surface area (Å²) in [6.07, 6.45) is 9.79. The molecule has 0 aliphatic carbocycles. The van der Waals surface area contributed by atoms with E-state index in [0.29, 0.717) is 11.0 Å². The van der Waals surface area contributed by atoms with E-state index in [1.54, 1.807) is 0 Å². The quantitative estimate of drug-likeness (QED) is 0.790.